The summed E-state index contributed by atoms with van der Waals surface area (Å²) in [5.74, 6) is -0.556. The van der Waals surface area contributed by atoms with Gasteiger partial charge in [0.2, 0.25) is 5.91 Å². The first kappa shape index (κ1) is 14.1. The summed E-state index contributed by atoms with van der Waals surface area (Å²) >= 11 is 0. The average molecular weight is 291 g/mol. The number of hydrogen-bond donors (Lipinski definition) is 2. The second-order valence-corrected chi connectivity index (χ2v) is 6.12. The Morgan fingerprint density at radius 1 is 1.33 bits per heavy atom. The Kier molecular flexibility index (Phi) is 3.94. The van der Waals surface area contributed by atoms with Crippen LogP contribution in [0.5, 0.6) is 0 Å². The van der Waals surface area contributed by atoms with Crippen LogP contribution < -0.4 is 0 Å². The maximum absolute atomic E-state index is 12.5. The highest BCUT2D eigenvalue weighted by molar-refractivity contribution is 5.84. The fourth-order valence-corrected chi connectivity index (χ4v) is 3.47. The number of aromatic nitrogens is 2. The van der Waals surface area contributed by atoms with Gasteiger partial charge in [0.05, 0.1) is 24.3 Å². The van der Waals surface area contributed by atoms with Crippen LogP contribution >= 0.6 is 0 Å². The number of carboxylic acid groups (broad SMARTS) is 1. The van der Waals surface area contributed by atoms with Crippen molar-refractivity contribution in [2.24, 2.45) is 5.92 Å². The summed E-state index contributed by atoms with van der Waals surface area (Å²) in [5, 5.41) is 9.39. The van der Waals surface area contributed by atoms with Crippen molar-refractivity contribution in [1.29, 1.82) is 0 Å². The summed E-state index contributed by atoms with van der Waals surface area (Å²) in [6.07, 6.45) is 8.15. The highest BCUT2D eigenvalue weighted by Crippen LogP contribution is 2.29. The summed E-state index contributed by atoms with van der Waals surface area (Å²) in [4.78, 5) is 32.7. The number of aromatic amines is 1. The number of carbonyl (C=O) groups is 2. The highest BCUT2D eigenvalue weighted by atomic mass is 16.4. The lowest BCUT2D eigenvalue weighted by atomic mass is 9.86. The predicted octanol–water partition coefficient (Wildman–Crippen LogP) is 1.72. The molecule has 1 aromatic heterocycles. The van der Waals surface area contributed by atoms with Crippen LogP contribution in [0.3, 0.4) is 0 Å². The number of carbonyl (C=O) groups excluding carboxylic acids is 1. The van der Waals surface area contributed by atoms with Gasteiger partial charge in [-0.1, -0.05) is 19.3 Å². The fraction of sp³-hybridized carbons (Fsp3) is 0.667. The Labute approximate surface area is 123 Å². The standard InChI is InChI=1S/C15H21N3O3/c19-14(6-10-4-2-1-3-5-10)18-8-12-11(16-9-17-12)7-13(18)15(20)21/h9-10,13H,1-8H2,(H,16,17)(H,20,21). The summed E-state index contributed by atoms with van der Waals surface area (Å²) in [5.41, 5.74) is 1.63. The minimum Gasteiger partial charge on any atom is -0.480 e. The van der Waals surface area contributed by atoms with Gasteiger partial charge in [0.15, 0.2) is 0 Å². The van der Waals surface area contributed by atoms with Gasteiger partial charge in [-0.05, 0) is 18.8 Å². The minimum atomic E-state index is -0.944. The third-order valence-corrected chi connectivity index (χ3v) is 4.69. The predicted molar refractivity (Wildman–Crippen MR) is 75.5 cm³/mol. The van der Waals surface area contributed by atoms with E-state index in [0.717, 1.165) is 24.2 Å². The van der Waals surface area contributed by atoms with Crippen LogP contribution in [-0.4, -0.2) is 37.9 Å². The average Bonchev–Trinajstić information content (AvgIpc) is 2.94. The first-order chi connectivity index (χ1) is 10.1. The lowest BCUT2D eigenvalue weighted by Crippen LogP contribution is -2.49. The van der Waals surface area contributed by atoms with Crippen molar-refractivity contribution in [2.45, 2.75) is 57.5 Å². The van der Waals surface area contributed by atoms with Gasteiger partial charge in [-0.2, -0.15) is 0 Å². The van der Waals surface area contributed by atoms with E-state index in [2.05, 4.69) is 9.97 Å². The topological polar surface area (TPSA) is 86.3 Å². The van der Waals surface area contributed by atoms with Crippen LogP contribution in [0.1, 0.15) is 49.9 Å². The molecule has 6 heteroatoms. The van der Waals surface area contributed by atoms with Gasteiger partial charge in [0, 0.05) is 12.8 Å². The smallest absolute Gasteiger partial charge is 0.326 e. The maximum atomic E-state index is 12.5. The van der Waals surface area contributed by atoms with Gasteiger partial charge in [-0.15, -0.1) is 0 Å². The number of nitrogens with one attached hydrogen (secondary N) is 1. The van der Waals surface area contributed by atoms with Crippen molar-refractivity contribution < 1.29 is 14.7 Å². The third-order valence-electron chi connectivity index (χ3n) is 4.69. The maximum Gasteiger partial charge on any atom is 0.326 e. The second-order valence-electron chi connectivity index (χ2n) is 6.12. The normalized spacial score (nSPS) is 22.9. The molecule has 21 heavy (non-hydrogen) atoms. The zero-order chi connectivity index (χ0) is 14.8. The minimum absolute atomic E-state index is 0.0328. The third kappa shape index (κ3) is 2.94. The molecule has 1 atom stereocenters. The molecule has 0 saturated heterocycles. The number of imidazole rings is 1. The van der Waals surface area contributed by atoms with Gasteiger partial charge in [-0.25, -0.2) is 9.78 Å². The summed E-state index contributed by atoms with van der Waals surface area (Å²) in [6, 6.07) is -0.781. The Bertz CT molecular complexity index is 534. The molecular formula is C15H21N3O3. The largest absolute Gasteiger partial charge is 0.480 e. The summed E-state index contributed by atoms with van der Waals surface area (Å²) in [6.45, 7) is 0.331. The number of carboxylic acids is 1. The molecule has 1 fully saturated rings. The molecule has 0 bridgehead atoms. The van der Waals surface area contributed by atoms with Crippen LogP contribution in [0.25, 0.3) is 0 Å². The number of hydrogen-bond acceptors (Lipinski definition) is 3. The quantitative estimate of drug-likeness (QED) is 0.887. The van der Waals surface area contributed by atoms with E-state index in [1.165, 1.54) is 24.2 Å². The molecule has 1 aromatic rings. The number of rotatable bonds is 3. The van der Waals surface area contributed by atoms with Crippen molar-refractivity contribution in [2.75, 3.05) is 0 Å². The molecule has 114 valence electrons. The fourth-order valence-electron chi connectivity index (χ4n) is 3.47. The van der Waals surface area contributed by atoms with Crippen LogP contribution in [0.4, 0.5) is 0 Å². The number of amides is 1. The van der Waals surface area contributed by atoms with Crippen LogP contribution in [0.2, 0.25) is 0 Å². The zero-order valence-corrected chi connectivity index (χ0v) is 12.0. The summed E-state index contributed by atoms with van der Waals surface area (Å²) < 4.78 is 0. The first-order valence-electron chi connectivity index (χ1n) is 7.68. The van der Waals surface area contributed by atoms with Crippen molar-refractivity contribution in [3.63, 3.8) is 0 Å². The number of H-pyrrole nitrogens is 1. The molecule has 0 aromatic carbocycles. The van der Waals surface area contributed by atoms with Gasteiger partial charge in [0.25, 0.3) is 0 Å². The molecule has 1 aliphatic heterocycles. The van der Waals surface area contributed by atoms with E-state index in [9.17, 15) is 14.7 Å². The monoisotopic (exact) mass is 291 g/mol. The molecule has 2 aliphatic rings. The van der Waals surface area contributed by atoms with E-state index < -0.39 is 12.0 Å². The first-order valence-corrected chi connectivity index (χ1v) is 7.68. The van der Waals surface area contributed by atoms with Gasteiger partial charge in [0.1, 0.15) is 6.04 Å². The van der Waals surface area contributed by atoms with Crippen molar-refractivity contribution >= 4 is 11.9 Å². The van der Waals surface area contributed by atoms with Crippen molar-refractivity contribution in [3.05, 3.63) is 17.7 Å². The van der Waals surface area contributed by atoms with Crippen LogP contribution in [0.15, 0.2) is 6.33 Å². The van der Waals surface area contributed by atoms with Crippen molar-refractivity contribution in [1.82, 2.24) is 14.9 Å². The molecule has 1 aliphatic carbocycles. The zero-order valence-electron chi connectivity index (χ0n) is 12.0. The lowest BCUT2D eigenvalue weighted by Gasteiger charge is -2.34. The summed E-state index contributed by atoms with van der Waals surface area (Å²) in [7, 11) is 0. The Morgan fingerprint density at radius 3 is 2.81 bits per heavy atom. The van der Waals surface area contributed by atoms with Gasteiger partial charge in [-0.3, -0.25) is 4.79 Å². The molecule has 0 radical (unpaired) electrons. The van der Waals surface area contributed by atoms with E-state index >= 15 is 0 Å². The second kappa shape index (κ2) is 5.87. The molecule has 1 amide bonds. The molecular weight excluding hydrogens is 270 g/mol. The van der Waals surface area contributed by atoms with E-state index in [4.69, 9.17) is 0 Å². The Balaban J connectivity index is 1.72. The van der Waals surface area contributed by atoms with E-state index in [1.54, 1.807) is 6.33 Å². The lowest BCUT2D eigenvalue weighted by molar-refractivity contribution is -0.152. The van der Waals surface area contributed by atoms with E-state index in [-0.39, 0.29) is 5.91 Å². The number of fused-ring (bicyclic) bond motifs is 1. The SMILES string of the molecule is O=C(O)C1Cc2nc[nH]c2CN1C(=O)CC1CCCCC1. The van der Waals surface area contributed by atoms with Crippen LogP contribution in [-0.2, 0) is 22.6 Å². The van der Waals surface area contributed by atoms with Gasteiger partial charge < -0.3 is 15.0 Å². The Morgan fingerprint density at radius 2 is 2.10 bits per heavy atom. The Hall–Kier alpha value is -1.85. The molecule has 2 N–H and O–H groups in total. The molecule has 3 rings (SSSR count). The number of aliphatic carboxylic acids is 1. The highest BCUT2D eigenvalue weighted by Gasteiger charge is 2.36. The van der Waals surface area contributed by atoms with E-state index in [0.29, 0.717) is 25.3 Å². The molecule has 0 spiro atoms. The molecule has 6 nitrogen and oxygen atoms in total. The van der Waals surface area contributed by atoms with Gasteiger partial charge >= 0.3 is 5.97 Å². The van der Waals surface area contributed by atoms with E-state index in [1.807, 2.05) is 0 Å². The number of nitrogens with zero attached hydrogens (tertiary/aromatic N) is 2. The molecule has 2 heterocycles. The molecule has 1 unspecified atom stereocenters. The molecule has 1 saturated carbocycles. The van der Waals surface area contributed by atoms with Crippen molar-refractivity contribution in [3.8, 4) is 0 Å². The van der Waals surface area contributed by atoms with Crippen LogP contribution in [0, 0.1) is 5.92 Å².